The molecule has 0 amide bonds. The van der Waals surface area contributed by atoms with Crippen molar-refractivity contribution in [3.05, 3.63) is 28.3 Å². The van der Waals surface area contributed by atoms with Gasteiger partial charge in [0.05, 0.1) is 9.82 Å². The van der Waals surface area contributed by atoms with Crippen molar-refractivity contribution in [2.45, 2.75) is 88.4 Å². The summed E-state index contributed by atoms with van der Waals surface area (Å²) in [6.07, 6.45) is -2.01. The molecule has 35 heavy (non-hydrogen) atoms. The Morgan fingerprint density at radius 2 is 1.49 bits per heavy atom. The molecule has 1 aliphatic rings. The molecule has 0 aliphatic carbocycles. The van der Waals surface area contributed by atoms with Gasteiger partial charge < -0.3 is 23.3 Å². The van der Waals surface area contributed by atoms with E-state index >= 15 is 0 Å². The second kappa shape index (κ2) is 10.7. The highest BCUT2D eigenvalue weighted by molar-refractivity contribution is 7.89. The van der Waals surface area contributed by atoms with Gasteiger partial charge in [-0.1, -0.05) is 0 Å². The molecular weight excluding hydrogens is 527 g/mol. The summed E-state index contributed by atoms with van der Waals surface area (Å²) in [5.74, 6) is 0. The first-order chi connectivity index (χ1) is 15.7. The molecule has 1 aromatic rings. The van der Waals surface area contributed by atoms with Crippen molar-refractivity contribution >= 4 is 46.4 Å². The standard InChI is InChI=1S/C20H39N3O8SSi3/c1-33(2,3)29-18-17(28-20(31-35(7,8)9)19(18)30-34(4,5)6)13-22-15-11-10-14(32(21,26)27)12-16(15)23(24)25/h10-12,17-20,22H,13H2,1-9H3,(H2,21,26,27)/t17-,18+,19+,20-/m1/s1. The zero-order valence-electron chi connectivity index (χ0n) is 21.9. The van der Waals surface area contributed by atoms with Gasteiger partial charge in [0.25, 0.3) is 5.69 Å². The molecule has 0 unspecified atom stereocenters. The van der Waals surface area contributed by atoms with Crippen LogP contribution in [0.15, 0.2) is 23.1 Å². The number of hydrogen-bond donors (Lipinski definition) is 2. The number of sulfonamides is 1. The summed E-state index contributed by atoms with van der Waals surface area (Å²) in [6, 6.07) is 3.50. The van der Waals surface area contributed by atoms with Gasteiger partial charge in [0.15, 0.2) is 31.2 Å². The van der Waals surface area contributed by atoms with Gasteiger partial charge in [-0.2, -0.15) is 0 Å². The highest BCUT2D eigenvalue weighted by Crippen LogP contribution is 2.34. The molecule has 0 saturated carbocycles. The smallest absolute Gasteiger partial charge is 0.293 e. The summed E-state index contributed by atoms with van der Waals surface area (Å²) >= 11 is 0. The minimum atomic E-state index is -4.08. The van der Waals surface area contributed by atoms with E-state index < -0.39 is 70.2 Å². The van der Waals surface area contributed by atoms with Crippen molar-refractivity contribution < 1.29 is 31.4 Å². The van der Waals surface area contributed by atoms with Crippen LogP contribution in [0.3, 0.4) is 0 Å². The third-order valence-electron chi connectivity index (χ3n) is 4.70. The summed E-state index contributed by atoms with van der Waals surface area (Å²) in [6.45, 7) is 18.9. The van der Waals surface area contributed by atoms with Crippen molar-refractivity contribution in [2.24, 2.45) is 5.14 Å². The molecule has 11 nitrogen and oxygen atoms in total. The monoisotopic (exact) mass is 565 g/mol. The van der Waals surface area contributed by atoms with Crippen LogP contribution in [0.25, 0.3) is 0 Å². The molecule has 4 atom stereocenters. The van der Waals surface area contributed by atoms with Gasteiger partial charge >= 0.3 is 0 Å². The maximum Gasteiger partial charge on any atom is 0.293 e. The molecule has 0 bridgehead atoms. The van der Waals surface area contributed by atoms with Gasteiger partial charge in [0.2, 0.25) is 10.0 Å². The molecule has 2 rings (SSSR count). The quantitative estimate of drug-likeness (QED) is 0.232. The van der Waals surface area contributed by atoms with Crippen molar-refractivity contribution in [2.75, 3.05) is 11.9 Å². The number of anilines is 1. The van der Waals surface area contributed by atoms with Crippen LogP contribution < -0.4 is 10.5 Å². The lowest BCUT2D eigenvalue weighted by Crippen LogP contribution is -2.50. The average molecular weight is 566 g/mol. The zero-order valence-corrected chi connectivity index (χ0v) is 25.8. The fraction of sp³-hybridized carbons (Fsp3) is 0.700. The maximum atomic E-state index is 11.6. The summed E-state index contributed by atoms with van der Waals surface area (Å²) < 4.78 is 49.0. The number of nitrogens with one attached hydrogen (secondary N) is 1. The van der Waals surface area contributed by atoms with Crippen molar-refractivity contribution in [1.29, 1.82) is 0 Å². The third kappa shape index (κ3) is 9.33. The van der Waals surface area contributed by atoms with Crippen molar-refractivity contribution in [1.82, 2.24) is 0 Å². The lowest BCUT2D eigenvalue weighted by Gasteiger charge is -2.35. The first-order valence-electron chi connectivity index (χ1n) is 11.4. The Morgan fingerprint density at radius 3 is 1.94 bits per heavy atom. The Bertz CT molecular complexity index is 1020. The number of nitrogens with two attached hydrogens (primary N) is 1. The fourth-order valence-corrected chi connectivity index (χ4v) is 7.17. The van der Waals surface area contributed by atoms with Crippen LogP contribution in [-0.2, 0) is 28.0 Å². The van der Waals surface area contributed by atoms with E-state index in [2.05, 4.69) is 64.2 Å². The normalized spacial score (nSPS) is 23.9. The van der Waals surface area contributed by atoms with E-state index in [0.717, 1.165) is 6.07 Å². The highest BCUT2D eigenvalue weighted by atomic mass is 32.2. The molecule has 1 saturated heterocycles. The molecule has 200 valence electrons. The maximum absolute atomic E-state index is 11.6. The Kier molecular flexibility index (Phi) is 9.16. The Labute approximate surface area is 211 Å². The first-order valence-corrected chi connectivity index (χ1v) is 23.2. The molecule has 15 heteroatoms. The highest BCUT2D eigenvalue weighted by Gasteiger charge is 2.50. The number of hydrogen-bond acceptors (Lipinski definition) is 9. The molecule has 0 spiro atoms. The van der Waals surface area contributed by atoms with Crippen molar-refractivity contribution in [3.8, 4) is 0 Å². The molecule has 1 fully saturated rings. The summed E-state index contributed by atoms with van der Waals surface area (Å²) in [5.41, 5.74) is -0.253. The van der Waals surface area contributed by atoms with Crippen molar-refractivity contribution in [3.63, 3.8) is 0 Å². The topological polar surface area (TPSA) is 152 Å². The predicted molar refractivity (Wildman–Crippen MR) is 142 cm³/mol. The van der Waals surface area contributed by atoms with E-state index in [9.17, 15) is 18.5 Å². The van der Waals surface area contributed by atoms with Gasteiger partial charge in [0, 0.05) is 12.6 Å². The number of nitro groups is 1. The molecule has 1 aliphatic heterocycles. The molecular formula is C20H39N3O8SSi3. The summed E-state index contributed by atoms with van der Waals surface area (Å²) in [5, 5.41) is 19.8. The van der Waals surface area contributed by atoms with Crippen LogP contribution >= 0.6 is 0 Å². The number of rotatable bonds is 11. The SMILES string of the molecule is C[Si](C)(C)O[C@H]1O[C@H](CNc2ccc(S(N)(=O)=O)cc2[N+](=O)[O-])[C@H](O[Si](C)(C)C)[C@@H]1O[Si](C)(C)C. The number of nitrogens with zero attached hydrogens (tertiary/aromatic N) is 1. The first kappa shape index (κ1) is 30.0. The molecule has 3 N–H and O–H groups in total. The van der Waals surface area contributed by atoms with Gasteiger partial charge in [-0.15, -0.1) is 0 Å². The van der Waals surface area contributed by atoms with Gasteiger partial charge in [-0.05, 0) is 71.1 Å². The zero-order chi connectivity index (χ0) is 27.0. The van der Waals surface area contributed by atoms with Crippen LogP contribution in [-0.4, -0.2) is 69.4 Å². The average Bonchev–Trinajstić information content (AvgIpc) is 2.90. The number of benzene rings is 1. The van der Waals surface area contributed by atoms with Crippen LogP contribution in [0.2, 0.25) is 58.9 Å². The lowest BCUT2D eigenvalue weighted by molar-refractivity contribution is -0.384. The van der Waals surface area contributed by atoms with E-state index in [-0.39, 0.29) is 17.1 Å². The van der Waals surface area contributed by atoms with Gasteiger partial charge in [-0.3, -0.25) is 10.1 Å². The van der Waals surface area contributed by atoms with E-state index in [1.165, 1.54) is 12.1 Å². The predicted octanol–water partition coefficient (Wildman–Crippen LogP) is 3.67. The van der Waals surface area contributed by atoms with Crippen LogP contribution in [0.1, 0.15) is 0 Å². The molecule has 1 aromatic carbocycles. The Morgan fingerprint density at radius 1 is 0.971 bits per heavy atom. The number of nitro benzene ring substituents is 1. The van der Waals surface area contributed by atoms with Crippen LogP contribution in [0, 0.1) is 10.1 Å². The Balaban J connectivity index is 2.38. The van der Waals surface area contributed by atoms with Crippen LogP contribution in [0.4, 0.5) is 11.4 Å². The van der Waals surface area contributed by atoms with E-state index in [4.69, 9.17) is 23.2 Å². The number of ether oxygens (including phenoxy) is 1. The Hall–Kier alpha value is -1.18. The second-order valence-corrected chi connectivity index (χ2v) is 26.5. The van der Waals surface area contributed by atoms with Gasteiger partial charge in [-0.25, -0.2) is 13.6 Å². The van der Waals surface area contributed by atoms with E-state index in [1.807, 2.05) is 0 Å². The fourth-order valence-electron chi connectivity index (χ4n) is 3.58. The van der Waals surface area contributed by atoms with Gasteiger partial charge in [0.1, 0.15) is 24.0 Å². The molecule has 0 radical (unpaired) electrons. The molecule has 0 aromatic heterocycles. The second-order valence-electron chi connectivity index (χ2n) is 11.5. The summed E-state index contributed by atoms with van der Waals surface area (Å²) in [7, 11) is -10.1. The van der Waals surface area contributed by atoms with E-state index in [1.54, 1.807) is 0 Å². The lowest BCUT2D eigenvalue weighted by atomic mass is 10.1. The minimum Gasteiger partial charge on any atom is -0.409 e. The number of primary sulfonamides is 1. The van der Waals surface area contributed by atoms with Crippen LogP contribution in [0.5, 0.6) is 0 Å². The minimum absolute atomic E-state index is 0.148. The largest absolute Gasteiger partial charge is 0.409 e. The third-order valence-corrected chi connectivity index (χ3v) is 8.51. The molecule has 1 heterocycles. The summed E-state index contributed by atoms with van der Waals surface area (Å²) in [4.78, 5) is 10.6. The van der Waals surface area contributed by atoms with E-state index in [0.29, 0.717) is 0 Å².